The van der Waals surface area contributed by atoms with E-state index in [0.717, 1.165) is 17.7 Å². The number of rotatable bonds is 6. The average Bonchev–Trinajstić information content (AvgIpc) is 3.07. The number of carbonyl (C=O) groups is 1. The van der Waals surface area contributed by atoms with Crippen molar-refractivity contribution in [1.82, 2.24) is 0 Å². The van der Waals surface area contributed by atoms with Gasteiger partial charge in [0.15, 0.2) is 0 Å². The SMILES string of the molecule is NC(=O)C(F)(F)C1=CC(Cl)C(Cl)(c2ccccc2CCC2COC(N)=N2)C=C1. The number of aliphatic imine (C=N–C) groups is 1. The van der Waals surface area contributed by atoms with E-state index in [1.54, 1.807) is 12.1 Å². The van der Waals surface area contributed by atoms with Crippen LogP contribution in [0.4, 0.5) is 8.78 Å². The molecule has 3 rings (SSSR count). The number of alkyl halides is 4. The second kappa shape index (κ2) is 7.72. The topological polar surface area (TPSA) is 90.7 Å². The molecule has 5 nitrogen and oxygen atoms in total. The van der Waals surface area contributed by atoms with Gasteiger partial charge in [0.05, 0.1) is 11.4 Å². The van der Waals surface area contributed by atoms with Gasteiger partial charge in [-0.2, -0.15) is 8.78 Å². The highest BCUT2D eigenvalue weighted by Gasteiger charge is 2.45. The number of primary amides is 1. The summed E-state index contributed by atoms with van der Waals surface area (Å²) in [6, 6.07) is 7.49. The van der Waals surface area contributed by atoms with Crippen LogP contribution in [0.15, 0.2) is 53.1 Å². The first-order valence-electron chi connectivity index (χ1n) is 8.61. The highest BCUT2D eigenvalue weighted by Crippen LogP contribution is 2.45. The van der Waals surface area contributed by atoms with Gasteiger partial charge in [0, 0.05) is 5.57 Å². The van der Waals surface area contributed by atoms with Crippen molar-refractivity contribution in [2.45, 2.75) is 35.1 Å². The Morgan fingerprint density at radius 3 is 2.71 bits per heavy atom. The smallest absolute Gasteiger partial charge is 0.349 e. The molecule has 1 amide bonds. The quantitative estimate of drug-likeness (QED) is 0.680. The minimum atomic E-state index is -3.82. The van der Waals surface area contributed by atoms with Crippen molar-refractivity contribution in [3.63, 3.8) is 0 Å². The molecule has 0 spiro atoms. The number of ether oxygens (including phenoxy) is 1. The molecule has 3 unspecified atom stereocenters. The Bertz CT molecular complexity index is 872. The Morgan fingerprint density at radius 2 is 2.11 bits per heavy atom. The second-order valence-electron chi connectivity index (χ2n) is 6.69. The van der Waals surface area contributed by atoms with E-state index in [-0.39, 0.29) is 12.1 Å². The fraction of sp³-hybridized carbons (Fsp3) is 0.368. The molecule has 1 heterocycles. The molecule has 9 heteroatoms. The van der Waals surface area contributed by atoms with E-state index < -0.39 is 27.7 Å². The molecule has 4 N–H and O–H groups in total. The molecule has 0 saturated heterocycles. The second-order valence-corrected chi connectivity index (χ2v) is 7.79. The van der Waals surface area contributed by atoms with Gasteiger partial charge >= 0.3 is 5.92 Å². The zero-order valence-corrected chi connectivity index (χ0v) is 16.3. The van der Waals surface area contributed by atoms with E-state index in [1.165, 1.54) is 6.08 Å². The molecule has 1 aromatic rings. The summed E-state index contributed by atoms with van der Waals surface area (Å²) in [5, 5.41) is -1.01. The van der Waals surface area contributed by atoms with Gasteiger partial charge in [-0.3, -0.25) is 4.79 Å². The number of nitrogens with two attached hydrogens (primary N) is 2. The Morgan fingerprint density at radius 1 is 1.39 bits per heavy atom. The van der Waals surface area contributed by atoms with Crippen LogP contribution in [0.5, 0.6) is 0 Å². The summed E-state index contributed by atoms with van der Waals surface area (Å²) in [7, 11) is 0. The normalized spacial score (nSPS) is 27.1. The summed E-state index contributed by atoms with van der Waals surface area (Å²) in [5.74, 6) is -5.56. The average molecular weight is 430 g/mol. The third-order valence-electron chi connectivity index (χ3n) is 4.82. The van der Waals surface area contributed by atoms with Crippen molar-refractivity contribution in [2.24, 2.45) is 16.5 Å². The van der Waals surface area contributed by atoms with Gasteiger partial charge in [0.2, 0.25) is 0 Å². The first kappa shape index (κ1) is 20.6. The monoisotopic (exact) mass is 429 g/mol. The van der Waals surface area contributed by atoms with Crippen LogP contribution in [0.1, 0.15) is 17.5 Å². The zero-order valence-electron chi connectivity index (χ0n) is 14.7. The number of amides is 1. The highest BCUT2D eigenvalue weighted by molar-refractivity contribution is 6.34. The number of allylic oxidation sites excluding steroid dienone is 3. The fourth-order valence-corrected chi connectivity index (χ4v) is 3.88. The minimum absolute atomic E-state index is 0.0474. The maximum absolute atomic E-state index is 13.9. The maximum atomic E-state index is 13.9. The summed E-state index contributed by atoms with van der Waals surface area (Å²) in [6.45, 7) is 0.423. The molecular formula is C19H19Cl2F2N3O2. The molecule has 0 saturated carbocycles. The number of nitrogens with zero attached hydrogens (tertiary/aromatic N) is 1. The lowest BCUT2D eigenvalue weighted by Gasteiger charge is -2.33. The van der Waals surface area contributed by atoms with Crippen molar-refractivity contribution in [3.05, 3.63) is 59.2 Å². The fourth-order valence-electron chi connectivity index (χ4n) is 3.25. The minimum Gasteiger partial charge on any atom is -0.463 e. The van der Waals surface area contributed by atoms with Gasteiger partial charge in [-0.25, -0.2) is 4.99 Å². The van der Waals surface area contributed by atoms with Crippen LogP contribution in [-0.4, -0.2) is 35.9 Å². The Balaban J connectivity index is 1.85. The molecular weight excluding hydrogens is 411 g/mol. The number of aryl methyl sites for hydroxylation is 1. The Hall–Kier alpha value is -2.12. The maximum Gasteiger partial charge on any atom is 0.349 e. The third kappa shape index (κ3) is 3.86. The van der Waals surface area contributed by atoms with Crippen molar-refractivity contribution < 1.29 is 18.3 Å². The van der Waals surface area contributed by atoms with Crippen LogP contribution in [0.25, 0.3) is 0 Å². The van der Waals surface area contributed by atoms with Gasteiger partial charge in [-0.05, 0) is 24.0 Å². The van der Waals surface area contributed by atoms with E-state index in [2.05, 4.69) is 4.99 Å². The number of benzene rings is 1. The zero-order chi connectivity index (χ0) is 20.5. The van der Waals surface area contributed by atoms with Crippen molar-refractivity contribution >= 4 is 35.1 Å². The van der Waals surface area contributed by atoms with E-state index in [1.807, 2.05) is 12.1 Å². The summed E-state index contributed by atoms with van der Waals surface area (Å²) < 4.78 is 33.0. The van der Waals surface area contributed by atoms with Crippen molar-refractivity contribution in [2.75, 3.05) is 6.61 Å². The number of hydrogen-bond donors (Lipinski definition) is 2. The largest absolute Gasteiger partial charge is 0.463 e. The number of carbonyl (C=O) groups excluding carboxylic acids is 1. The van der Waals surface area contributed by atoms with Gasteiger partial charge in [0.25, 0.3) is 11.9 Å². The molecule has 3 atom stereocenters. The number of hydrogen-bond acceptors (Lipinski definition) is 4. The van der Waals surface area contributed by atoms with E-state index in [9.17, 15) is 13.6 Å². The molecule has 1 aliphatic heterocycles. The van der Waals surface area contributed by atoms with Gasteiger partial charge in [-0.15, -0.1) is 23.2 Å². The molecule has 0 radical (unpaired) electrons. The lowest BCUT2D eigenvalue weighted by atomic mass is 9.83. The Kier molecular flexibility index (Phi) is 5.68. The van der Waals surface area contributed by atoms with Gasteiger partial charge in [-0.1, -0.05) is 42.5 Å². The lowest BCUT2D eigenvalue weighted by molar-refractivity contribution is -0.136. The van der Waals surface area contributed by atoms with Crippen LogP contribution in [-0.2, 0) is 20.8 Å². The molecule has 1 aliphatic carbocycles. The van der Waals surface area contributed by atoms with Crippen molar-refractivity contribution in [3.8, 4) is 0 Å². The molecule has 0 aromatic heterocycles. The first-order chi connectivity index (χ1) is 13.1. The predicted octanol–water partition coefficient (Wildman–Crippen LogP) is 2.99. The molecule has 1 aromatic carbocycles. The molecule has 0 fully saturated rings. The van der Waals surface area contributed by atoms with Gasteiger partial charge in [0.1, 0.15) is 11.5 Å². The lowest BCUT2D eigenvalue weighted by Crippen LogP contribution is -2.40. The third-order valence-corrected chi connectivity index (χ3v) is 5.96. The number of halogens is 4. The van der Waals surface area contributed by atoms with Crippen LogP contribution < -0.4 is 11.5 Å². The summed E-state index contributed by atoms with van der Waals surface area (Å²) >= 11 is 13.2. The first-order valence-corrected chi connectivity index (χ1v) is 9.42. The van der Waals surface area contributed by atoms with Crippen molar-refractivity contribution in [1.29, 1.82) is 0 Å². The highest BCUT2D eigenvalue weighted by atomic mass is 35.5. The van der Waals surface area contributed by atoms with Crippen LogP contribution in [0.3, 0.4) is 0 Å². The summed E-state index contributed by atoms with van der Waals surface area (Å²) in [5.41, 5.74) is 11.4. The van der Waals surface area contributed by atoms with E-state index in [0.29, 0.717) is 25.0 Å². The summed E-state index contributed by atoms with van der Waals surface area (Å²) in [6.07, 6.45) is 4.87. The molecule has 2 aliphatic rings. The predicted molar refractivity (Wildman–Crippen MR) is 105 cm³/mol. The standard InChI is InChI=1S/C19H19Cl2F2N3O2/c20-15-9-12(19(22,23)16(24)27)7-8-18(15,21)14-4-2-1-3-11(14)5-6-13-10-28-17(25)26-13/h1-4,7-9,13,15H,5-6,10H2,(H2,24,27)(H2,25,26). The van der Waals surface area contributed by atoms with Crippen LogP contribution in [0, 0.1) is 0 Å². The van der Waals surface area contributed by atoms with E-state index in [4.69, 9.17) is 39.4 Å². The van der Waals surface area contributed by atoms with Crippen LogP contribution >= 0.6 is 23.2 Å². The number of amidine groups is 1. The van der Waals surface area contributed by atoms with Crippen LogP contribution in [0.2, 0.25) is 0 Å². The molecule has 0 bridgehead atoms. The molecule has 150 valence electrons. The summed E-state index contributed by atoms with van der Waals surface area (Å²) in [4.78, 5) is 14.0. The van der Waals surface area contributed by atoms with Gasteiger partial charge < -0.3 is 16.2 Å². The Labute approximate surface area is 171 Å². The molecule has 28 heavy (non-hydrogen) atoms. The van der Waals surface area contributed by atoms with E-state index >= 15 is 0 Å².